The third-order valence-electron chi connectivity index (χ3n) is 10.6. The SMILES string of the molecule is C[C@@H](OCc1cc(F)cc(-c2cc(NC(=O)[C@@H]3CNC(=O)C3)nn2-c2ccc(F)cc2)c1)C(F)(F)F.C[C@@H](OCc1cc(F)cc(/C(=C/C(=N)N)Nc2ccc(F)cc2)c1)C(F)(F)F.O=C1C[C@H](C(=O)O)CN1. The van der Waals surface area contributed by atoms with Gasteiger partial charge in [0.05, 0.1) is 36.4 Å². The number of amidine groups is 1. The second-order valence-corrected chi connectivity index (χ2v) is 16.4. The summed E-state index contributed by atoms with van der Waals surface area (Å²) in [6.45, 7) is 1.22. The maximum absolute atomic E-state index is 14.5. The minimum atomic E-state index is -4.57. The molecule has 4 aromatic carbocycles. The average Bonchev–Trinajstić information content (AvgIpc) is 4.07. The summed E-state index contributed by atoms with van der Waals surface area (Å²) in [5, 5.41) is 30.6. The highest BCUT2D eigenvalue weighted by Crippen LogP contribution is 2.31. The van der Waals surface area contributed by atoms with Crippen LogP contribution in [0, 0.1) is 40.5 Å². The number of carboxylic acid groups (broad SMARTS) is 1. The van der Waals surface area contributed by atoms with Gasteiger partial charge in [-0.2, -0.15) is 26.3 Å². The van der Waals surface area contributed by atoms with E-state index >= 15 is 0 Å². The van der Waals surface area contributed by atoms with E-state index in [4.69, 9.17) is 25.7 Å². The number of carbonyl (C=O) groups excluding carboxylic acids is 3. The molecule has 390 valence electrons. The number of benzene rings is 4. The maximum Gasteiger partial charge on any atom is 0.414 e. The van der Waals surface area contributed by atoms with Crippen molar-refractivity contribution >= 4 is 46.7 Å². The predicted molar refractivity (Wildman–Crippen MR) is 244 cm³/mol. The van der Waals surface area contributed by atoms with Gasteiger partial charge in [0.25, 0.3) is 0 Å². The Morgan fingerprint density at radius 3 is 1.74 bits per heavy atom. The van der Waals surface area contributed by atoms with Crippen molar-refractivity contribution in [1.29, 1.82) is 5.41 Å². The van der Waals surface area contributed by atoms with Gasteiger partial charge in [0, 0.05) is 60.6 Å². The molecule has 2 fully saturated rings. The summed E-state index contributed by atoms with van der Waals surface area (Å²) in [4.78, 5) is 44.5. The first-order chi connectivity index (χ1) is 34.2. The van der Waals surface area contributed by atoms with Gasteiger partial charge in [-0.15, -0.1) is 5.10 Å². The summed E-state index contributed by atoms with van der Waals surface area (Å²) in [7, 11) is 0. The number of hydrogen-bond acceptors (Lipinski definition) is 9. The molecule has 0 spiro atoms. The first-order valence-electron chi connectivity index (χ1n) is 21.7. The Balaban J connectivity index is 0.000000236. The lowest BCUT2D eigenvalue weighted by molar-refractivity contribution is -0.217. The highest BCUT2D eigenvalue weighted by molar-refractivity contribution is 5.98. The second-order valence-electron chi connectivity index (χ2n) is 16.4. The van der Waals surface area contributed by atoms with Crippen molar-refractivity contribution in [2.45, 2.75) is 64.5 Å². The van der Waals surface area contributed by atoms with E-state index in [1.165, 1.54) is 77.5 Å². The molecule has 0 unspecified atom stereocenters. The number of aliphatic carboxylic acids is 1. The van der Waals surface area contributed by atoms with Crippen molar-refractivity contribution in [1.82, 2.24) is 20.4 Å². The number of nitrogens with zero attached hydrogens (tertiary/aromatic N) is 2. The summed E-state index contributed by atoms with van der Waals surface area (Å²) in [5.74, 6) is -5.47. The smallest absolute Gasteiger partial charge is 0.414 e. The number of ether oxygens (including phenoxy) is 2. The lowest BCUT2D eigenvalue weighted by Gasteiger charge is -2.17. The number of rotatable bonds is 15. The molecule has 4 atom stereocenters. The zero-order valence-corrected chi connectivity index (χ0v) is 38.4. The van der Waals surface area contributed by atoms with E-state index in [-0.39, 0.29) is 83.0 Å². The number of nitrogens with two attached hydrogens (primary N) is 1. The number of amides is 3. The molecule has 3 heterocycles. The molecule has 8 N–H and O–H groups in total. The summed E-state index contributed by atoms with van der Waals surface area (Å²) < 4.78 is 142. The van der Waals surface area contributed by atoms with Gasteiger partial charge >= 0.3 is 18.3 Å². The minimum absolute atomic E-state index is 0.0287. The van der Waals surface area contributed by atoms with Gasteiger partial charge in [-0.05, 0) is 110 Å². The largest absolute Gasteiger partial charge is 0.481 e. The third kappa shape index (κ3) is 17.2. The molecule has 15 nitrogen and oxygen atoms in total. The van der Waals surface area contributed by atoms with Crippen LogP contribution in [0.3, 0.4) is 0 Å². The van der Waals surface area contributed by atoms with E-state index in [1.54, 1.807) is 0 Å². The normalized spacial score (nSPS) is 16.5. The first-order valence-corrected chi connectivity index (χ1v) is 21.7. The molecule has 2 aliphatic heterocycles. The summed E-state index contributed by atoms with van der Waals surface area (Å²) in [6.07, 6.45) is -11.8. The van der Waals surface area contributed by atoms with Crippen LogP contribution in [0.1, 0.15) is 43.4 Å². The quantitative estimate of drug-likeness (QED) is 0.0301. The molecule has 2 saturated heterocycles. The van der Waals surface area contributed by atoms with Crippen LogP contribution < -0.4 is 27.0 Å². The lowest BCUT2D eigenvalue weighted by atomic mass is 10.1. The number of alkyl halides is 6. The van der Waals surface area contributed by atoms with Gasteiger partial charge < -0.3 is 41.6 Å². The van der Waals surface area contributed by atoms with Crippen LogP contribution >= 0.6 is 0 Å². The second kappa shape index (κ2) is 24.6. The van der Waals surface area contributed by atoms with E-state index in [9.17, 15) is 63.1 Å². The Morgan fingerprint density at radius 1 is 0.753 bits per heavy atom. The fraction of sp³-hybridized carbons (Fsp3) is 0.292. The van der Waals surface area contributed by atoms with Crippen LogP contribution in [0.5, 0.6) is 0 Å². The molecule has 5 aromatic rings. The van der Waals surface area contributed by atoms with E-state index in [2.05, 4.69) is 26.4 Å². The summed E-state index contributed by atoms with van der Waals surface area (Å²) in [5.41, 5.74) is 7.51. The molecule has 1 aromatic heterocycles. The van der Waals surface area contributed by atoms with Crippen molar-refractivity contribution in [2.75, 3.05) is 23.7 Å². The molecule has 0 saturated carbocycles. The monoisotopic (exact) mass is 1040 g/mol. The fourth-order valence-electron chi connectivity index (χ4n) is 6.66. The van der Waals surface area contributed by atoms with Crippen molar-refractivity contribution in [3.63, 3.8) is 0 Å². The van der Waals surface area contributed by atoms with Crippen molar-refractivity contribution in [3.8, 4) is 16.9 Å². The van der Waals surface area contributed by atoms with Crippen LogP contribution in [0.2, 0.25) is 0 Å². The molecule has 2 aliphatic rings. The Morgan fingerprint density at radius 2 is 1.26 bits per heavy atom. The van der Waals surface area contributed by atoms with Gasteiger partial charge in [0.15, 0.2) is 18.0 Å². The molecule has 7 rings (SSSR count). The van der Waals surface area contributed by atoms with Gasteiger partial charge in [-0.25, -0.2) is 22.2 Å². The molecular formula is C48H46F10N8O7. The highest BCUT2D eigenvalue weighted by Gasteiger charge is 2.38. The van der Waals surface area contributed by atoms with Crippen molar-refractivity contribution in [2.24, 2.45) is 17.6 Å². The Hall–Kier alpha value is -7.80. The number of carboxylic acids is 1. The summed E-state index contributed by atoms with van der Waals surface area (Å²) >= 11 is 0. The molecule has 0 bridgehead atoms. The predicted octanol–water partition coefficient (Wildman–Crippen LogP) is 8.39. The maximum atomic E-state index is 14.5. The van der Waals surface area contributed by atoms with Crippen LogP contribution in [0.4, 0.5) is 55.4 Å². The Labute approximate surface area is 409 Å². The van der Waals surface area contributed by atoms with Crippen LogP contribution in [-0.4, -0.2) is 82.1 Å². The van der Waals surface area contributed by atoms with E-state index < -0.39 is 84.8 Å². The molecule has 0 aliphatic carbocycles. The average molecular weight is 1040 g/mol. The Kier molecular flexibility index (Phi) is 18.9. The highest BCUT2D eigenvalue weighted by atomic mass is 19.4. The number of hydrogen-bond donors (Lipinski definition) is 7. The molecule has 3 amide bonds. The number of nitrogens with one attached hydrogen (secondary N) is 5. The number of halogens is 10. The van der Waals surface area contributed by atoms with Gasteiger partial charge in [0.1, 0.15) is 29.1 Å². The van der Waals surface area contributed by atoms with Gasteiger partial charge in [0.2, 0.25) is 17.7 Å². The van der Waals surface area contributed by atoms with E-state index in [0.29, 0.717) is 11.4 Å². The number of carbonyl (C=O) groups is 4. The minimum Gasteiger partial charge on any atom is -0.481 e. The Bertz CT molecular complexity index is 2800. The van der Waals surface area contributed by atoms with Gasteiger partial charge in [-0.3, -0.25) is 24.6 Å². The topological polar surface area (TPSA) is 223 Å². The third-order valence-corrected chi connectivity index (χ3v) is 10.6. The first kappa shape index (κ1) is 56.1. The van der Waals surface area contributed by atoms with Crippen molar-refractivity contribution in [3.05, 3.63) is 137 Å². The lowest BCUT2D eigenvalue weighted by Crippen LogP contribution is -2.28. The zero-order valence-electron chi connectivity index (χ0n) is 38.4. The molecule has 73 heavy (non-hydrogen) atoms. The number of anilines is 2. The van der Waals surface area contributed by atoms with Crippen LogP contribution in [0.15, 0.2) is 97.1 Å². The number of aromatic nitrogens is 2. The molecule has 0 radical (unpaired) electrons. The standard InChI is InChI=1S/C24H21F5N4O3.C19H18F5N3O.C5H7NO3/c1-13(24(27,28)29)36-12-14-6-15(8-18(26)7-14)20-10-21(31-23(35)16-9-22(34)30-11-16)32-33(20)19-4-2-17(25)3-5-19;1-11(19(22,23)24)28-10-12-6-13(8-15(21)7-12)17(9-18(25)26)27-16-4-2-14(20)3-5-16;7-4-1-3(2-6-4)5(8)9/h2-8,10,13,16H,9,11-12H2,1H3,(H,30,34)(H,31,32,35);2-9,11,27H,10H2,1H3,(H3,25,26);3H,1-2H2,(H,6,7)(H,8,9)/b;17-9-;/t13-,16+;11-;3-/m110/s1. The van der Waals surface area contributed by atoms with Crippen molar-refractivity contribution < 1.29 is 77.7 Å². The van der Waals surface area contributed by atoms with E-state index in [1.807, 2.05) is 0 Å². The summed E-state index contributed by atoms with van der Waals surface area (Å²) in [6, 6.07) is 19.2. The van der Waals surface area contributed by atoms with Crippen LogP contribution in [-0.2, 0) is 41.9 Å². The van der Waals surface area contributed by atoms with E-state index in [0.717, 1.165) is 38.1 Å². The fourth-order valence-corrected chi connectivity index (χ4v) is 6.66. The zero-order chi connectivity index (χ0) is 53.8. The van der Waals surface area contributed by atoms with Gasteiger partial charge in [-0.1, -0.05) is 0 Å². The molecular weight excluding hydrogens is 991 g/mol. The molecule has 25 heteroatoms. The van der Waals surface area contributed by atoms with Crippen LogP contribution in [0.25, 0.3) is 22.6 Å².